The third kappa shape index (κ3) is 2.19. The summed E-state index contributed by atoms with van der Waals surface area (Å²) in [5.41, 5.74) is 0.168. The fraction of sp³-hybridized carbons (Fsp3) is 0.615. The minimum absolute atomic E-state index is 0.0128. The van der Waals surface area contributed by atoms with Crippen LogP contribution in [0.25, 0.3) is 0 Å². The van der Waals surface area contributed by atoms with Crippen molar-refractivity contribution in [1.29, 1.82) is 0 Å². The summed E-state index contributed by atoms with van der Waals surface area (Å²) in [6.45, 7) is 4.18. The highest BCUT2D eigenvalue weighted by molar-refractivity contribution is 5.76. The third-order valence-electron chi connectivity index (χ3n) is 3.50. The van der Waals surface area contributed by atoms with Crippen LogP contribution in [0.15, 0.2) is 24.3 Å². The molecule has 0 aromatic rings. The van der Waals surface area contributed by atoms with Crippen molar-refractivity contribution >= 4 is 5.97 Å². The molecule has 1 heterocycles. The number of carbonyl (C=O) groups is 1. The van der Waals surface area contributed by atoms with Crippen LogP contribution in [-0.4, -0.2) is 37.1 Å². The molecule has 3 heteroatoms. The molecule has 0 aromatic carbocycles. The molecule has 0 aromatic heterocycles. The van der Waals surface area contributed by atoms with Gasteiger partial charge >= 0.3 is 5.97 Å². The molecule has 1 unspecified atom stereocenters. The normalized spacial score (nSPS) is 33.5. The summed E-state index contributed by atoms with van der Waals surface area (Å²) in [5, 5.41) is 0. The van der Waals surface area contributed by atoms with Crippen LogP contribution in [0.2, 0.25) is 0 Å². The molecule has 2 atom stereocenters. The van der Waals surface area contributed by atoms with E-state index in [0.29, 0.717) is 0 Å². The number of hydrogen-bond donors (Lipinski definition) is 0. The van der Waals surface area contributed by atoms with Gasteiger partial charge in [-0.2, -0.15) is 0 Å². The lowest BCUT2D eigenvalue weighted by Gasteiger charge is -2.43. The molecule has 2 rings (SSSR count). The number of rotatable bonds is 3. The largest absolute Gasteiger partial charge is 0.468 e. The predicted octanol–water partition coefficient (Wildman–Crippen LogP) is 1.76. The highest BCUT2D eigenvalue weighted by Gasteiger charge is 2.38. The zero-order valence-electron chi connectivity index (χ0n) is 9.98. The quantitative estimate of drug-likeness (QED) is 0.680. The van der Waals surface area contributed by atoms with Gasteiger partial charge in [-0.25, -0.2) is 0 Å². The fourth-order valence-electron chi connectivity index (χ4n) is 2.39. The highest BCUT2D eigenvalue weighted by Crippen LogP contribution is 2.32. The van der Waals surface area contributed by atoms with Crippen molar-refractivity contribution < 1.29 is 9.53 Å². The zero-order chi connectivity index (χ0) is 11.6. The summed E-state index contributed by atoms with van der Waals surface area (Å²) in [7, 11) is 1.46. The predicted molar refractivity (Wildman–Crippen MR) is 63.0 cm³/mol. The zero-order valence-corrected chi connectivity index (χ0v) is 9.98. The van der Waals surface area contributed by atoms with Crippen molar-refractivity contribution in [3.05, 3.63) is 24.3 Å². The van der Waals surface area contributed by atoms with Crippen LogP contribution in [0.4, 0.5) is 0 Å². The lowest BCUT2D eigenvalue weighted by molar-refractivity contribution is -0.152. The second kappa shape index (κ2) is 4.42. The van der Waals surface area contributed by atoms with E-state index in [9.17, 15) is 4.79 Å². The SMILES string of the molecule is COC(=O)C1CCN1C[C@]1(C)C=CC=CC1. The van der Waals surface area contributed by atoms with Gasteiger partial charge in [-0.15, -0.1) is 0 Å². The first kappa shape index (κ1) is 11.4. The first-order valence-corrected chi connectivity index (χ1v) is 5.81. The molecule has 88 valence electrons. The number of allylic oxidation sites excluding steroid dienone is 3. The maximum absolute atomic E-state index is 11.5. The van der Waals surface area contributed by atoms with Crippen LogP contribution in [0, 0.1) is 5.41 Å². The molecule has 0 bridgehead atoms. The number of nitrogens with zero attached hydrogens (tertiary/aromatic N) is 1. The molecule has 0 radical (unpaired) electrons. The van der Waals surface area contributed by atoms with Crippen molar-refractivity contribution in [2.75, 3.05) is 20.2 Å². The number of likely N-dealkylation sites (tertiary alicyclic amines) is 1. The van der Waals surface area contributed by atoms with Gasteiger partial charge in [0.15, 0.2) is 0 Å². The number of methoxy groups -OCH3 is 1. The van der Waals surface area contributed by atoms with Gasteiger partial charge in [0.2, 0.25) is 0 Å². The summed E-state index contributed by atoms with van der Waals surface area (Å²) in [6.07, 6.45) is 10.6. The number of hydrogen-bond acceptors (Lipinski definition) is 3. The van der Waals surface area contributed by atoms with Gasteiger partial charge in [-0.1, -0.05) is 31.2 Å². The number of esters is 1. The Balaban J connectivity index is 1.93. The second-order valence-corrected chi connectivity index (χ2v) is 4.94. The Kier molecular flexibility index (Phi) is 3.15. The van der Waals surface area contributed by atoms with Gasteiger partial charge in [0.1, 0.15) is 6.04 Å². The van der Waals surface area contributed by atoms with Crippen molar-refractivity contribution in [2.45, 2.75) is 25.8 Å². The first-order valence-electron chi connectivity index (χ1n) is 5.81. The second-order valence-electron chi connectivity index (χ2n) is 4.94. The lowest BCUT2D eigenvalue weighted by atomic mass is 9.81. The van der Waals surface area contributed by atoms with Crippen molar-refractivity contribution in [3.63, 3.8) is 0 Å². The average Bonchev–Trinajstić information content (AvgIpc) is 2.25. The van der Waals surface area contributed by atoms with Gasteiger partial charge in [0, 0.05) is 18.5 Å². The summed E-state index contributed by atoms with van der Waals surface area (Å²) in [6, 6.07) is -0.0128. The summed E-state index contributed by atoms with van der Waals surface area (Å²) >= 11 is 0. The van der Waals surface area contributed by atoms with E-state index in [0.717, 1.165) is 25.9 Å². The molecule has 0 amide bonds. The van der Waals surface area contributed by atoms with Gasteiger partial charge in [-0.3, -0.25) is 9.69 Å². The molecule has 2 aliphatic rings. The smallest absolute Gasteiger partial charge is 0.323 e. The van der Waals surface area contributed by atoms with E-state index in [4.69, 9.17) is 4.74 Å². The molecule has 0 spiro atoms. The minimum atomic E-state index is -0.0924. The third-order valence-corrected chi connectivity index (χ3v) is 3.50. The van der Waals surface area contributed by atoms with Gasteiger partial charge in [0.25, 0.3) is 0 Å². The summed E-state index contributed by atoms with van der Waals surface area (Å²) in [4.78, 5) is 13.7. The van der Waals surface area contributed by atoms with E-state index in [1.807, 2.05) is 0 Å². The molecule has 1 aliphatic heterocycles. The van der Waals surface area contributed by atoms with Crippen LogP contribution >= 0.6 is 0 Å². The van der Waals surface area contributed by atoms with Gasteiger partial charge < -0.3 is 4.74 Å². The van der Waals surface area contributed by atoms with Gasteiger partial charge in [0.05, 0.1) is 7.11 Å². The maximum Gasteiger partial charge on any atom is 0.323 e. The fourth-order valence-corrected chi connectivity index (χ4v) is 2.39. The number of ether oxygens (including phenoxy) is 1. The van der Waals surface area contributed by atoms with Crippen molar-refractivity contribution in [1.82, 2.24) is 4.90 Å². The Morgan fingerprint density at radius 2 is 2.38 bits per heavy atom. The summed E-state index contributed by atoms with van der Waals surface area (Å²) in [5.74, 6) is -0.0924. The van der Waals surface area contributed by atoms with E-state index in [2.05, 4.69) is 36.1 Å². The summed E-state index contributed by atoms with van der Waals surface area (Å²) < 4.78 is 4.79. The minimum Gasteiger partial charge on any atom is -0.468 e. The number of carbonyl (C=O) groups excluding carboxylic acids is 1. The van der Waals surface area contributed by atoms with Crippen LogP contribution in [0.3, 0.4) is 0 Å². The van der Waals surface area contributed by atoms with Gasteiger partial charge in [-0.05, 0) is 12.8 Å². The van der Waals surface area contributed by atoms with Crippen molar-refractivity contribution in [3.8, 4) is 0 Å². The molecule has 16 heavy (non-hydrogen) atoms. The van der Waals surface area contributed by atoms with E-state index in [1.54, 1.807) is 0 Å². The molecule has 1 aliphatic carbocycles. The Morgan fingerprint density at radius 1 is 1.56 bits per heavy atom. The average molecular weight is 221 g/mol. The monoisotopic (exact) mass is 221 g/mol. The molecular weight excluding hydrogens is 202 g/mol. The van der Waals surface area contributed by atoms with Crippen LogP contribution < -0.4 is 0 Å². The van der Waals surface area contributed by atoms with Crippen LogP contribution in [0.1, 0.15) is 19.8 Å². The van der Waals surface area contributed by atoms with E-state index >= 15 is 0 Å². The Bertz CT molecular complexity index is 335. The standard InChI is InChI=1S/C13H19NO2/c1-13(7-4-3-5-8-13)10-14-9-6-11(14)12(15)16-2/h3-5,7,11H,6,8-10H2,1-2H3/t11?,13-/m1/s1. The van der Waals surface area contributed by atoms with E-state index in [1.165, 1.54) is 7.11 Å². The van der Waals surface area contributed by atoms with E-state index in [-0.39, 0.29) is 17.4 Å². The Morgan fingerprint density at radius 3 is 2.88 bits per heavy atom. The van der Waals surface area contributed by atoms with Crippen LogP contribution in [-0.2, 0) is 9.53 Å². The molecule has 1 fully saturated rings. The Labute approximate surface area is 96.8 Å². The molecule has 0 saturated carbocycles. The Hall–Kier alpha value is -1.09. The molecule has 1 saturated heterocycles. The highest BCUT2D eigenvalue weighted by atomic mass is 16.5. The molecule has 0 N–H and O–H groups in total. The molecular formula is C13H19NO2. The molecule has 3 nitrogen and oxygen atoms in total. The van der Waals surface area contributed by atoms with Crippen molar-refractivity contribution in [2.24, 2.45) is 5.41 Å². The topological polar surface area (TPSA) is 29.5 Å². The maximum atomic E-state index is 11.5. The van der Waals surface area contributed by atoms with E-state index < -0.39 is 0 Å². The first-order chi connectivity index (χ1) is 7.64. The van der Waals surface area contributed by atoms with Crippen LogP contribution in [0.5, 0.6) is 0 Å². The lowest BCUT2D eigenvalue weighted by Crippen LogP contribution is -2.55.